The van der Waals surface area contributed by atoms with Gasteiger partial charge in [0.05, 0.1) is 13.0 Å². The van der Waals surface area contributed by atoms with Crippen LogP contribution in [0.25, 0.3) is 0 Å². The fourth-order valence-electron chi connectivity index (χ4n) is 2.20. The molecule has 0 unspecified atom stereocenters. The second kappa shape index (κ2) is 7.25. The number of ether oxygens (including phenoxy) is 1. The minimum Gasteiger partial charge on any atom is -0.466 e. The summed E-state index contributed by atoms with van der Waals surface area (Å²) in [5.41, 5.74) is 2.25. The predicted molar refractivity (Wildman–Crippen MR) is 83.7 cm³/mol. The molecule has 1 atom stereocenters. The number of rotatable bonds is 5. The predicted octanol–water partition coefficient (Wildman–Crippen LogP) is 4.53. The molecule has 2 rings (SSSR count). The Balaban J connectivity index is 2.29. The summed E-state index contributed by atoms with van der Waals surface area (Å²) in [6, 6.07) is 18.1. The fourth-order valence-corrected chi connectivity index (χ4v) is 2.46. The monoisotopic (exact) mass is 332 g/mol. The molecule has 0 radical (unpaired) electrons. The number of hydrogen-bond donors (Lipinski definition) is 0. The van der Waals surface area contributed by atoms with Crippen molar-refractivity contribution in [2.75, 3.05) is 6.61 Å². The summed E-state index contributed by atoms with van der Waals surface area (Å²) >= 11 is 3.43. The van der Waals surface area contributed by atoms with Gasteiger partial charge >= 0.3 is 5.97 Å². The zero-order valence-electron chi connectivity index (χ0n) is 11.4. The molecule has 0 saturated carbocycles. The van der Waals surface area contributed by atoms with Crippen LogP contribution in [-0.4, -0.2) is 12.6 Å². The van der Waals surface area contributed by atoms with Crippen LogP contribution in [0, 0.1) is 0 Å². The minimum absolute atomic E-state index is 0.0309. The van der Waals surface area contributed by atoms with Gasteiger partial charge in [0.2, 0.25) is 0 Å². The molecule has 0 aliphatic carbocycles. The van der Waals surface area contributed by atoms with Gasteiger partial charge in [-0.1, -0.05) is 58.4 Å². The summed E-state index contributed by atoms with van der Waals surface area (Å²) in [4.78, 5) is 11.8. The quantitative estimate of drug-likeness (QED) is 0.751. The Kier molecular flexibility index (Phi) is 5.36. The Morgan fingerprint density at radius 2 is 1.65 bits per heavy atom. The summed E-state index contributed by atoms with van der Waals surface area (Å²) in [5, 5.41) is 0. The third kappa shape index (κ3) is 3.94. The van der Waals surface area contributed by atoms with Crippen LogP contribution in [0.5, 0.6) is 0 Å². The highest BCUT2D eigenvalue weighted by molar-refractivity contribution is 9.10. The van der Waals surface area contributed by atoms with Crippen molar-refractivity contribution in [3.63, 3.8) is 0 Å². The van der Waals surface area contributed by atoms with Gasteiger partial charge in [0.1, 0.15) is 0 Å². The highest BCUT2D eigenvalue weighted by atomic mass is 79.9. The van der Waals surface area contributed by atoms with Gasteiger partial charge in [-0.25, -0.2) is 0 Å². The Morgan fingerprint density at radius 3 is 2.25 bits per heavy atom. The first-order chi connectivity index (χ1) is 9.70. The average Bonchev–Trinajstić information content (AvgIpc) is 2.47. The first kappa shape index (κ1) is 14.8. The van der Waals surface area contributed by atoms with E-state index in [2.05, 4.69) is 15.9 Å². The van der Waals surface area contributed by atoms with Crippen LogP contribution >= 0.6 is 15.9 Å². The van der Waals surface area contributed by atoms with Crippen molar-refractivity contribution >= 4 is 21.9 Å². The Hall–Kier alpha value is -1.61. The van der Waals surface area contributed by atoms with E-state index in [0.717, 1.165) is 15.6 Å². The third-order valence-corrected chi connectivity index (χ3v) is 3.68. The number of hydrogen-bond acceptors (Lipinski definition) is 2. The lowest BCUT2D eigenvalue weighted by Crippen LogP contribution is -2.11. The van der Waals surface area contributed by atoms with E-state index in [0.29, 0.717) is 13.0 Å². The van der Waals surface area contributed by atoms with Crippen LogP contribution in [0.4, 0.5) is 0 Å². The molecule has 0 N–H and O–H groups in total. The lowest BCUT2D eigenvalue weighted by atomic mass is 9.89. The van der Waals surface area contributed by atoms with Crippen molar-refractivity contribution in [3.8, 4) is 0 Å². The number of carbonyl (C=O) groups is 1. The molecule has 0 heterocycles. The lowest BCUT2D eigenvalue weighted by molar-refractivity contribution is -0.143. The Bertz CT molecular complexity index is 549. The summed E-state index contributed by atoms with van der Waals surface area (Å²) < 4.78 is 6.12. The van der Waals surface area contributed by atoms with Crippen molar-refractivity contribution in [2.45, 2.75) is 19.3 Å². The standard InChI is InChI=1S/C17H17BrO2/c1-2-20-17(19)12-16(13-6-4-3-5-7-13)14-8-10-15(18)11-9-14/h3-11,16H,2,12H2,1H3/t16-/m0/s1. The summed E-state index contributed by atoms with van der Waals surface area (Å²) in [6.07, 6.45) is 0.361. The Labute approximate surface area is 127 Å². The zero-order valence-corrected chi connectivity index (χ0v) is 13.0. The lowest BCUT2D eigenvalue weighted by Gasteiger charge is -2.17. The van der Waals surface area contributed by atoms with Gasteiger partial charge in [0, 0.05) is 10.4 Å². The van der Waals surface area contributed by atoms with Gasteiger partial charge in [-0.2, -0.15) is 0 Å². The van der Waals surface area contributed by atoms with Gasteiger partial charge in [-0.05, 0) is 30.2 Å². The molecule has 0 fully saturated rings. The number of halogens is 1. The Morgan fingerprint density at radius 1 is 1.05 bits per heavy atom. The second-order valence-electron chi connectivity index (χ2n) is 4.52. The van der Waals surface area contributed by atoms with Crippen molar-refractivity contribution < 1.29 is 9.53 Å². The van der Waals surface area contributed by atoms with Gasteiger partial charge in [0.25, 0.3) is 0 Å². The first-order valence-electron chi connectivity index (χ1n) is 6.66. The van der Waals surface area contributed by atoms with Crippen LogP contribution in [0.1, 0.15) is 30.4 Å². The largest absolute Gasteiger partial charge is 0.466 e. The van der Waals surface area contributed by atoms with Gasteiger partial charge < -0.3 is 4.74 Å². The smallest absolute Gasteiger partial charge is 0.306 e. The zero-order chi connectivity index (χ0) is 14.4. The van der Waals surface area contributed by atoms with E-state index in [9.17, 15) is 4.79 Å². The van der Waals surface area contributed by atoms with E-state index in [1.807, 2.05) is 61.5 Å². The van der Waals surface area contributed by atoms with E-state index in [1.165, 1.54) is 0 Å². The molecule has 2 aromatic carbocycles. The summed E-state index contributed by atoms with van der Waals surface area (Å²) in [5.74, 6) is -0.132. The van der Waals surface area contributed by atoms with Crippen LogP contribution in [0.3, 0.4) is 0 Å². The molecule has 20 heavy (non-hydrogen) atoms. The molecule has 0 aliphatic rings. The van der Waals surface area contributed by atoms with Crippen molar-refractivity contribution in [1.82, 2.24) is 0 Å². The van der Waals surface area contributed by atoms with E-state index in [-0.39, 0.29) is 11.9 Å². The maximum absolute atomic E-state index is 11.8. The van der Waals surface area contributed by atoms with Gasteiger partial charge in [0.15, 0.2) is 0 Å². The van der Waals surface area contributed by atoms with E-state index < -0.39 is 0 Å². The van der Waals surface area contributed by atoms with E-state index in [1.54, 1.807) is 0 Å². The van der Waals surface area contributed by atoms with Crippen LogP contribution < -0.4 is 0 Å². The van der Waals surface area contributed by atoms with Gasteiger partial charge in [-0.15, -0.1) is 0 Å². The van der Waals surface area contributed by atoms with Crippen LogP contribution in [0.15, 0.2) is 59.1 Å². The molecule has 0 aromatic heterocycles. The number of esters is 1. The molecule has 2 nitrogen and oxygen atoms in total. The van der Waals surface area contributed by atoms with E-state index in [4.69, 9.17) is 4.74 Å². The summed E-state index contributed by atoms with van der Waals surface area (Å²) in [6.45, 7) is 2.25. The molecule has 3 heteroatoms. The number of benzene rings is 2. The van der Waals surface area contributed by atoms with Gasteiger partial charge in [-0.3, -0.25) is 4.79 Å². The normalized spacial score (nSPS) is 11.9. The topological polar surface area (TPSA) is 26.3 Å². The molecule has 0 amide bonds. The van der Waals surface area contributed by atoms with Crippen molar-refractivity contribution in [3.05, 3.63) is 70.2 Å². The molecule has 0 aliphatic heterocycles. The highest BCUT2D eigenvalue weighted by Crippen LogP contribution is 2.29. The molecule has 104 valence electrons. The molecule has 0 bridgehead atoms. The molecule has 0 saturated heterocycles. The molecule has 2 aromatic rings. The minimum atomic E-state index is -0.163. The second-order valence-corrected chi connectivity index (χ2v) is 5.44. The highest BCUT2D eigenvalue weighted by Gasteiger charge is 2.18. The average molecular weight is 333 g/mol. The molecule has 0 spiro atoms. The van der Waals surface area contributed by atoms with Crippen molar-refractivity contribution in [2.24, 2.45) is 0 Å². The molecular formula is C17H17BrO2. The first-order valence-corrected chi connectivity index (χ1v) is 7.46. The van der Waals surface area contributed by atoms with Crippen LogP contribution in [-0.2, 0) is 9.53 Å². The maximum Gasteiger partial charge on any atom is 0.306 e. The molecular weight excluding hydrogens is 316 g/mol. The third-order valence-electron chi connectivity index (χ3n) is 3.15. The van der Waals surface area contributed by atoms with Crippen molar-refractivity contribution in [1.29, 1.82) is 0 Å². The summed E-state index contributed by atoms with van der Waals surface area (Å²) in [7, 11) is 0. The SMILES string of the molecule is CCOC(=O)C[C@@H](c1ccccc1)c1ccc(Br)cc1. The fraction of sp³-hybridized carbons (Fsp3) is 0.235. The van der Waals surface area contributed by atoms with E-state index >= 15 is 0 Å². The maximum atomic E-state index is 11.8. The number of carbonyl (C=O) groups excluding carboxylic acids is 1. The van der Waals surface area contributed by atoms with Crippen LogP contribution in [0.2, 0.25) is 0 Å².